The number of carbonyl (C=O) groups is 2. The molecule has 0 aliphatic rings. The summed E-state index contributed by atoms with van der Waals surface area (Å²) in [6.45, 7) is 6.35. The number of aliphatic hydroxyl groups excluding tert-OH is 1. The second-order valence-electron chi connectivity index (χ2n) is 8.13. The van der Waals surface area contributed by atoms with E-state index in [1.807, 2.05) is 0 Å². The van der Waals surface area contributed by atoms with Crippen LogP contribution in [0.3, 0.4) is 0 Å². The lowest BCUT2D eigenvalue weighted by atomic mass is 9.95. The lowest BCUT2D eigenvalue weighted by Crippen LogP contribution is -2.32. The van der Waals surface area contributed by atoms with Crippen LogP contribution < -0.4 is 10.3 Å². The minimum absolute atomic E-state index is 0.00870. The molecule has 35 heavy (non-hydrogen) atoms. The zero-order chi connectivity index (χ0) is 27.4. The maximum atomic E-state index is 13.4. The van der Waals surface area contributed by atoms with Gasteiger partial charge in [-0.3, -0.25) is 14.4 Å². The number of esters is 2. The van der Waals surface area contributed by atoms with Gasteiger partial charge in [-0.2, -0.15) is 0 Å². The van der Waals surface area contributed by atoms with Crippen molar-refractivity contribution in [2.45, 2.75) is 27.7 Å². The molecule has 2 aromatic heterocycles. The van der Waals surface area contributed by atoms with Gasteiger partial charge in [-0.1, -0.05) is 0 Å². The molecule has 0 unspecified atom stereocenters. The fraction of sp³-hybridized carbons (Fsp3) is 0.455. The highest BCUT2D eigenvalue weighted by atomic mass is 79.9. The van der Waals surface area contributed by atoms with Crippen LogP contribution in [0.5, 0.6) is 5.88 Å². The minimum Gasteiger partial charge on any atom is -0.474 e. The van der Waals surface area contributed by atoms with E-state index in [1.165, 1.54) is 32.7 Å². The monoisotopic (exact) mass is 628 g/mol. The molecule has 2 rings (SSSR count). The van der Waals surface area contributed by atoms with Crippen LogP contribution in [-0.4, -0.2) is 54.4 Å². The van der Waals surface area contributed by atoms with Crippen molar-refractivity contribution in [2.75, 3.05) is 27.4 Å². The van der Waals surface area contributed by atoms with Gasteiger partial charge in [-0.05, 0) is 71.7 Å². The smallest absolute Gasteiger partial charge is 0.314 e. The highest BCUT2D eigenvalue weighted by Gasteiger charge is 2.30. The molecule has 0 bridgehead atoms. The van der Waals surface area contributed by atoms with Gasteiger partial charge in [-0.15, -0.1) is 0 Å². The summed E-state index contributed by atoms with van der Waals surface area (Å²) < 4.78 is 40.8. The van der Waals surface area contributed by atoms with Crippen LogP contribution in [0.4, 0.5) is 8.78 Å². The summed E-state index contributed by atoms with van der Waals surface area (Å²) in [6, 6.07) is 2.35. The summed E-state index contributed by atoms with van der Waals surface area (Å²) in [5.41, 5.74) is -2.30. The molecule has 0 spiro atoms. The van der Waals surface area contributed by atoms with Crippen molar-refractivity contribution in [2.24, 2.45) is 10.8 Å². The van der Waals surface area contributed by atoms with Gasteiger partial charge in [0.05, 0.1) is 31.7 Å². The second kappa shape index (κ2) is 14.9. The zero-order valence-electron chi connectivity index (χ0n) is 20.1. The Morgan fingerprint density at radius 2 is 1.51 bits per heavy atom. The quantitative estimate of drug-likeness (QED) is 0.459. The maximum absolute atomic E-state index is 13.4. The number of nitrogens with zero attached hydrogens (tertiary/aromatic N) is 1. The van der Waals surface area contributed by atoms with Crippen molar-refractivity contribution in [1.82, 2.24) is 9.97 Å². The Morgan fingerprint density at radius 1 is 1.00 bits per heavy atom. The number of halogens is 4. The van der Waals surface area contributed by atoms with E-state index in [0.717, 1.165) is 6.07 Å². The maximum Gasteiger partial charge on any atom is 0.314 e. The Balaban J connectivity index is 0.000000543. The van der Waals surface area contributed by atoms with E-state index in [2.05, 4.69) is 51.3 Å². The summed E-state index contributed by atoms with van der Waals surface area (Å²) in [7, 11) is 2.60. The lowest BCUT2D eigenvalue weighted by Gasteiger charge is -2.21. The first-order valence-electron chi connectivity index (χ1n) is 9.86. The van der Waals surface area contributed by atoms with Crippen LogP contribution in [0.2, 0.25) is 0 Å². The molecule has 13 heteroatoms. The van der Waals surface area contributed by atoms with Crippen molar-refractivity contribution in [1.29, 1.82) is 0 Å². The first-order valence-corrected chi connectivity index (χ1v) is 11.4. The van der Waals surface area contributed by atoms with Gasteiger partial charge in [-0.25, -0.2) is 13.8 Å². The molecule has 0 saturated carbocycles. The number of aromatic amines is 1. The number of pyridine rings is 2. The fourth-order valence-electron chi connectivity index (χ4n) is 1.86. The van der Waals surface area contributed by atoms with Crippen molar-refractivity contribution < 1.29 is 37.7 Å². The summed E-state index contributed by atoms with van der Waals surface area (Å²) in [4.78, 5) is 38.3. The predicted molar refractivity (Wildman–Crippen MR) is 131 cm³/mol. The van der Waals surface area contributed by atoms with Crippen molar-refractivity contribution in [3.8, 4) is 5.88 Å². The molecule has 9 nitrogen and oxygen atoms in total. The third kappa shape index (κ3) is 11.7. The Bertz CT molecular complexity index is 1050. The fourth-order valence-corrected chi connectivity index (χ4v) is 2.48. The third-order valence-corrected chi connectivity index (χ3v) is 4.93. The molecule has 0 aromatic carbocycles. The summed E-state index contributed by atoms with van der Waals surface area (Å²) in [6.07, 6.45) is 2.80. The van der Waals surface area contributed by atoms with E-state index in [0.29, 0.717) is 8.95 Å². The van der Waals surface area contributed by atoms with Crippen LogP contribution in [-0.2, 0) is 19.1 Å². The van der Waals surface area contributed by atoms with Gasteiger partial charge in [0.25, 0.3) is 5.56 Å². The third-order valence-electron chi connectivity index (χ3n) is 4.04. The molecule has 0 amide bonds. The van der Waals surface area contributed by atoms with Crippen molar-refractivity contribution >= 4 is 43.8 Å². The minimum atomic E-state index is -0.851. The topological polar surface area (TPSA) is 128 Å². The molecular weight excluding hydrogens is 602 g/mol. The average molecular weight is 630 g/mol. The van der Waals surface area contributed by atoms with Crippen molar-refractivity contribution in [3.05, 3.63) is 55.5 Å². The number of aliphatic hydroxyl groups is 1. The van der Waals surface area contributed by atoms with Gasteiger partial charge in [0.15, 0.2) is 11.6 Å². The summed E-state index contributed by atoms with van der Waals surface area (Å²) >= 11 is 6.08. The van der Waals surface area contributed by atoms with E-state index in [1.54, 1.807) is 27.7 Å². The van der Waals surface area contributed by atoms with Crippen LogP contribution in [0.15, 0.2) is 38.3 Å². The van der Waals surface area contributed by atoms with Crippen LogP contribution >= 0.6 is 31.9 Å². The largest absolute Gasteiger partial charge is 0.474 e. The SMILES string of the molecule is COC(=O)C(C)(C)CO.COC(=O)C(C)(C)COc1ncc(Br)cc1F.O=c1[nH]cc(Br)cc1F. The number of methoxy groups -OCH3 is 2. The molecule has 0 saturated heterocycles. The van der Waals surface area contributed by atoms with Gasteiger partial charge >= 0.3 is 11.9 Å². The number of carbonyl (C=O) groups excluding carboxylic acids is 2. The van der Waals surface area contributed by atoms with Crippen LogP contribution in [0, 0.1) is 22.5 Å². The standard InChI is InChI=1S/C11H13BrFNO3.C6H12O3.C5H3BrFNO/c1-11(2,10(15)16-3)6-17-9-8(13)4-7(12)5-14-9;1-6(2,4-7)5(8)9-3;6-3-1-4(7)5(9)8-2-3/h4-5H,6H2,1-3H3;7H,4H2,1-3H3;1-2H,(H,8,9). The number of aromatic nitrogens is 2. The Morgan fingerprint density at radius 3 is 1.91 bits per heavy atom. The number of H-pyrrole nitrogens is 1. The van der Waals surface area contributed by atoms with E-state index in [9.17, 15) is 23.2 Å². The molecule has 0 aliphatic heterocycles. The van der Waals surface area contributed by atoms with Gasteiger partial charge in [0.1, 0.15) is 6.61 Å². The molecule has 2 heterocycles. The normalized spacial score (nSPS) is 10.7. The molecule has 196 valence electrons. The van der Waals surface area contributed by atoms with E-state index < -0.39 is 34.0 Å². The highest BCUT2D eigenvalue weighted by Crippen LogP contribution is 2.22. The summed E-state index contributed by atoms with van der Waals surface area (Å²) in [5, 5.41) is 8.59. The molecule has 0 atom stereocenters. The second-order valence-corrected chi connectivity index (χ2v) is 9.96. The zero-order valence-corrected chi connectivity index (χ0v) is 23.3. The number of nitrogens with one attached hydrogen (secondary N) is 1. The van der Waals surface area contributed by atoms with Crippen molar-refractivity contribution in [3.63, 3.8) is 0 Å². The molecule has 0 aliphatic carbocycles. The predicted octanol–water partition coefficient (Wildman–Crippen LogP) is 4.02. The van der Waals surface area contributed by atoms with Gasteiger partial charge in [0.2, 0.25) is 5.88 Å². The number of ether oxygens (including phenoxy) is 3. The Hall–Kier alpha value is -2.38. The van der Waals surface area contributed by atoms with Crippen LogP contribution in [0.25, 0.3) is 0 Å². The summed E-state index contributed by atoms with van der Waals surface area (Å²) in [5.74, 6) is -2.30. The number of rotatable bonds is 6. The van der Waals surface area contributed by atoms with Gasteiger partial charge in [0, 0.05) is 21.3 Å². The van der Waals surface area contributed by atoms with E-state index in [-0.39, 0.29) is 25.1 Å². The Kier molecular flexibility index (Phi) is 13.9. The Labute approximate surface area is 218 Å². The lowest BCUT2D eigenvalue weighted by molar-refractivity contribution is -0.153. The first-order chi connectivity index (χ1) is 16.1. The molecule has 2 aromatic rings. The van der Waals surface area contributed by atoms with Crippen LogP contribution in [0.1, 0.15) is 27.7 Å². The van der Waals surface area contributed by atoms with E-state index in [4.69, 9.17) is 9.84 Å². The highest BCUT2D eigenvalue weighted by molar-refractivity contribution is 9.10. The molecule has 2 N–H and O–H groups in total. The van der Waals surface area contributed by atoms with E-state index >= 15 is 0 Å². The number of hydrogen-bond acceptors (Lipinski definition) is 8. The molecule has 0 fully saturated rings. The molecule has 0 radical (unpaired) electrons. The number of hydrogen-bond donors (Lipinski definition) is 2. The average Bonchev–Trinajstić information content (AvgIpc) is 2.80. The van der Waals surface area contributed by atoms with Gasteiger partial charge < -0.3 is 24.3 Å². The first kappa shape index (κ1) is 32.6. The molecular formula is C22H28Br2F2N2O7.